The predicted molar refractivity (Wildman–Crippen MR) is 102 cm³/mol. The van der Waals surface area contributed by atoms with E-state index in [2.05, 4.69) is 76.9 Å². The quantitative estimate of drug-likeness (QED) is 0.687. The van der Waals surface area contributed by atoms with Gasteiger partial charge in [0.2, 0.25) is 5.95 Å². The number of anilines is 3. The Balaban J connectivity index is 1.76. The van der Waals surface area contributed by atoms with Gasteiger partial charge in [0.1, 0.15) is 0 Å². The van der Waals surface area contributed by atoms with Crippen molar-refractivity contribution in [3.05, 3.63) is 71.4 Å². The molecule has 0 radical (unpaired) electrons. The van der Waals surface area contributed by atoms with Gasteiger partial charge in [-0.15, -0.1) is 5.10 Å². The van der Waals surface area contributed by atoms with Crippen LogP contribution in [0.5, 0.6) is 0 Å². The van der Waals surface area contributed by atoms with Crippen LogP contribution in [0, 0.1) is 6.92 Å². The van der Waals surface area contributed by atoms with Gasteiger partial charge in [0.05, 0.1) is 6.20 Å². The standard InChI is InChI=1S/C20H23N5/c1-14(2)17-11-7-8-15(3)19(17)23-18-13-22-25-20(24-18)21-12-16-9-5-4-6-10-16/h4-11,13-14H,12H2,1-3H3,(H2,21,23,24,25). The number of aryl methyl sites for hydroxylation is 1. The highest BCUT2D eigenvalue weighted by molar-refractivity contribution is 5.65. The Morgan fingerprint density at radius 3 is 2.56 bits per heavy atom. The van der Waals surface area contributed by atoms with E-state index >= 15 is 0 Å². The molecule has 5 heteroatoms. The lowest BCUT2D eigenvalue weighted by Gasteiger charge is -2.16. The zero-order valence-electron chi connectivity index (χ0n) is 14.8. The fourth-order valence-corrected chi connectivity index (χ4v) is 2.69. The van der Waals surface area contributed by atoms with E-state index in [-0.39, 0.29) is 0 Å². The van der Waals surface area contributed by atoms with E-state index in [0.717, 1.165) is 5.69 Å². The first-order valence-corrected chi connectivity index (χ1v) is 8.47. The van der Waals surface area contributed by atoms with Gasteiger partial charge in [-0.2, -0.15) is 10.1 Å². The van der Waals surface area contributed by atoms with Crippen molar-refractivity contribution in [2.24, 2.45) is 0 Å². The van der Waals surface area contributed by atoms with E-state index in [1.807, 2.05) is 18.2 Å². The van der Waals surface area contributed by atoms with Crippen molar-refractivity contribution in [1.29, 1.82) is 0 Å². The fraction of sp³-hybridized carbons (Fsp3) is 0.250. The van der Waals surface area contributed by atoms with Crippen LogP contribution in [0.2, 0.25) is 0 Å². The Morgan fingerprint density at radius 1 is 1.00 bits per heavy atom. The topological polar surface area (TPSA) is 62.7 Å². The predicted octanol–water partition coefficient (Wildman–Crippen LogP) is 4.66. The molecule has 0 bridgehead atoms. The minimum absolute atomic E-state index is 0.424. The molecule has 5 nitrogen and oxygen atoms in total. The molecule has 0 aliphatic rings. The Kier molecular flexibility index (Phi) is 5.23. The summed E-state index contributed by atoms with van der Waals surface area (Å²) < 4.78 is 0. The summed E-state index contributed by atoms with van der Waals surface area (Å²) in [6.07, 6.45) is 1.64. The van der Waals surface area contributed by atoms with Gasteiger partial charge < -0.3 is 10.6 Å². The van der Waals surface area contributed by atoms with Crippen LogP contribution < -0.4 is 10.6 Å². The van der Waals surface area contributed by atoms with Crippen LogP contribution in [-0.2, 0) is 6.54 Å². The maximum absolute atomic E-state index is 4.53. The smallest absolute Gasteiger partial charge is 0.244 e. The highest BCUT2D eigenvalue weighted by Gasteiger charge is 2.10. The van der Waals surface area contributed by atoms with E-state index in [0.29, 0.717) is 24.2 Å². The third-order valence-corrected chi connectivity index (χ3v) is 4.03. The molecule has 0 saturated heterocycles. The summed E-state index contributed by atoms with van der Waals surface area (Å²) in [5, 5.41) is 14.7. The monoisotopic (exact) mass is 333 g/mol. The van der Waals surface area contributed by atoms with E-state index in [4.69, 9.17) is 0 Å². The number of aromatic nitrogens is 3. The van der Waals surface area contributed by atoms with Crippen molar-refractivity contribution in [2.75, 3.05) is 10.6 Å². The molecule has 0 aliphatic carbocycles. The van der Waals surface area contributed by atoms with Gasteiger partial charge in [-0.1, -0.05) is 62.4 Å². The maximum atomic E-state index is 4.53. The summed E-state index contributed by atoms with van der Waals surface area (Å²) in [6.45, 7) is 7.13. The third kappa shape index (κ3) is 4.32. The molecule has 0 fully saturated rings. The van der Waals surface area contributed by atoms with Gasteiger partial charge in [-0.3, -0.25) is 0 Å². The molecule has 1 aromatic heterocycles. The van der Waals surface area contributed by atoms with Crippen LogP contribution >= 0.6 is 0 Å². The van der Waals surface area contributed by atoms with E-state index in [9.17, 15) is 0 Å². The Morgan fingerprint density at radius 2 is 1.80 bits per heavy atom. The van der Waals surface area contributed by atoms with Crippen LogP contribution in [0.15, 0.2) is 54.7 Å². The maximum Gasteiger partial charge on any atom is 0.244 e. The van der Waals surface area contributed by atoms with Crippen LogP contribution in [0.25, 0.3) is 0 Å². The lowest BCUT2D eigenvalue weighted by Crippen LogP contribution is -2.07. The second-order valence-electron chi connectivity index (χ2n) is 6.32. The minimum atomic E-state index is 0.424. The molecule has 0 atom stereocenters. The van der Waals surface area contributed by atoms with E-state index in [1.54, 1.807) is 6.20 Å². The number of nitrogens with zero attached hydrogens (tertiary/aromatic N) is 3. The normalized spacial score (nSPS) is 10.7. The first-order valence-electron chi connectivity index (χ1n) is 8.47. The molecule has 2 N–H and O–H groups in total. The zero-order valence-corrected chi connectivity index (χ0v) is 14.8. The first-order chi connectivity index (χ1) is 12.1. The van der Waals surface area contributed by atoms with Gasteiger partial charge in [-0.05, 0) is 29.5 Å². The van der Waals surface area contributed by atoms with Crippen molar-refractivity contribution in [3.63, 3.8) is 0 Å². The highest BCUT2D eigenvalue weighted by atomic mass is 15.3. The summed E-state index contributed by atoms with van der Waals surface area (Å²) >= 11 is 0. The molecule has 3 rings (SSSR count). The SMILES string of the molecule is Cc1cccc(C(C)C)c1Nc1cnnc(NCc2ccccc2)n1. The molecule has 0 spiro atoms. The van der Waals surface area contributed by atoms with Crippen molar-refractivity contribution >= 4 is 17.5 Å². The van der Waals surface area contributed by atoms with E-state index < -0.39 is 0 Å². The Hall–Kier alpha value is -2.95. The largest absolute Gasteiger partial charge is 0.349 e. The van der Waals surface area contributed by atoms with Crippen molar-refractivity contribution < 1.29 is 0 Å². The fourth-order valence-electron chi connectivity index (χ4n) is 2.69. The van der Waals surface area contributed by atoms with Gasteiger partial charge in [-0.25, -0.2) is 0 Å². The average Bonchev–Trinajstić information content (AvgIpc) is 2.63. The zero-order chi connectivity index (χ0) is 17.6. The molecular weight excluding hydrogens is 310 g/mol. The summed E-state index contributed by atoms with van der Waals surface area (Å²) in [5.41, 5.74) is 4.71. The van der Waals surface area contributed by atoms with Crippen LogP contribution in [0.3, 0.4) is 0 Å². The van der Waals surface area contributed by atoms with Gasteiger partial charge in [0.15, 0.2) is 5.82 Å². The van der Waals surface area contributed by atoms with Crippen LogP contribution in [-0.4, -0.2) is 15.2 Å². The molecule has 0 amide bonds. The number of para-hydroxylation sites is 1. The number of benzene rings is 2. The van der Waals surface area contributed by atoms with Gasteiger partial charge in [0, 0.05) is 12.2 Å². The lowest BCUT2D eigenvalue weighted by molar-refractivity contribution is 0.866. The molecular formula is C20H23N5. The molecule has 3 aromatic rings. The minimum Gasteiger partial charge on any atom is -0.349 e. The molecule has 0 unspecified atom stereocenters. The Bertz CT molecular complexity index is 830. The first kappa shape index (κ1) is 16.9. The summed E-state index contributed by atoms with van der Waals surface area (Å²) in [7, 11) is 0. The Labute approximate surface area is 148 Å². The molecule has 25 heavy (non-hydrogen) atoms. The summed E-state index contributed by atoms with van der Waals surface area (Å²) in [5.74, 6) is 1.61. The van der Waals surface area contributed by atoms with Crippen LogP contribution in [0.1, 0.15) is 36.5 Å². The molecule has 128 valence electrons. The number of nitrogens with one attached hydrogen (secondary N) is 2. The van der Waals surface area contributed by atoms with Crippen LogP contribution in [0.4, 0.5) is 17.5 Å². The molecule has 0 saturated carbocycles. The van der Waals surface area contributed by atoms with E-state index in [1.165, 1.54) is 16.7 Å². The molecule has 2 aromatic carbocycles. The number of rotatable bonds is 6. The summed E-state index contributed by atoms with van der Waals surface area (Å²) in [6, 6.07) is 16.5. The average molecular weight is 333 g/mol. The van der Waals surface area contributed by atoms with Crippen molar-refractivity contribution in [3.8, 4) is 0 Å². The number of hydrogen-bond donors (Lipinski definition) is 2. The molecule has 0 aliphatic heterocycles. The number of hydrogen-bond acceptors (Lipinski definition) is 5. The third-order valence-electron chi connectivity index (χ3n) is 4.03. The second-order valence-corrected chi connectivity index (χ2v) is 6.32. The summed E-state index contributed by atoms with van der Waals surface area (Å²) in [4.78, 5) is 4.53. The lowest BCUT2D eigenvalue weighted by atomic mass is 9.98. The van der Waals surface area contributed by atoms with Gasteiger partial charge in [0.25, 0.3) is 0 Å². The second kappa shape index (κ2) is 7.75. The van der Waals surface area contributed by atoms with Gasteiger partial charge >= 0.3 is 0 Å². The van der Waals surface area contributed by atoms with Crippen molar-refractivity contribution in [2.45, 2.75) is 33.2 Å². The molecule has 1 heterocycles. The van der Waals surface area contributed by atoms with Crippen molar-refractivity contribution in [1.82, 2.24) is 15.2 Å². The highest BCUT2D eigenvalue weighted by Crippen LogP contribution is 2.29.